The lowest BCUT2D eigenvalue weighted by molar-refractivity contribution is 0.574. The number of rotatable bonds is 3. The Balaban J connectivity index is 2.09. The highest BCUT2D eigenvalue weighted by Crippen LogP contribution is 2.32. The Bertz CT molecular complexity index is 526. The predicted octanol–water partition coefficient (Wildman–Crippen LogP) is 4.95. The summed E-state index contributed by atoms with van der Waals surface area (Å²) in [5, 5.41) is 0. The number of nitrogens with zero attached hydrogens (tertiary/aromatic N) is 1. The van der Waals surface area contributed by atoms with Gasteiger partial charge in [0, 0.05) is 4.47 Å². The van der Waals surface area contributed by atoms with E-state index in [-0.39, 0.29) is 0 Å². The fourth-order valence-electron chi connectivity index (χ4n) is 1.24. The fourth-order valence-corrected chi connectivity index (χ4v) is 1.96. The van der Waals surface area contributed by atoms with Gasteiger partial charge in [-0.3, -0.25) is 0 Å². The summed E-state index contributed by atoms with van der Waals surface area (Å²) in [6, 6.07) is 15.3. The molecule has 2 rings (SSSR count). The second-order valence-electron chi connectivity index (χ2n) is 3.24. The third-order valence-corrected chi connectivity index (χ3v) is 4.08. The van der Waals surface area contributed by atoms with Crippen LogP contribution in [-0.4, -0.2) is 6.40 Å². The first-order valence-electron chi connectivity index (χ1n) is 4.95. The van der Waals surface area contributed by atoms with Crippen molar-refractivity contribution in [3.05, 3.63) is 57.5 Å². The van der Waals surface area contributed by atoms with Crippen LogP contribution in [0.5, 0.6) is 5.75 Å². The molecule has 0 N–H and O–H groups in total. The Morgan fingerprint density at radius 1 is 0.941 bits per heavy atom. The maximum atomic E-state index is 5.38. The quantitative estimate of drug-likeness (QED) is 0.564. The minimum atomic E-state index is 0.766. The zero-order valence-corrected chi connectivity index (χ0v) is 12.0. The molecule has 17 heavy (non-hydrogen) atoms. The molecule has 86 valence electrons. The van der Waals surface area contributed by atoms with E-state index in [1.54, 1.807) is 0 Å². The smallest absolute Gasteiger partial charge is 0.181 e. The molecule has 0 unspecified atom stereocenters. The summed E-state index contributed by atoms with van der Waals surface area (Å²) in [5.41, 5.74) is 0.815. The number of benzene rings is 2. The van der Waals surface area contributed by atoms with E-state index in [0.717, 1.165) is 20.4 Å². The van der Waals surface area contributed by atoms with E-state index in [4.69, 9.17) is 4.74 Å². The first-order valence-corrected chi connectivity index (χ1v) is 6.54. The molecule has 2 aromatic rings. The van der Waals surface area contributed by atoms with Crippen molar-refractivity contribution in [1.82, 2.24) is 0 Å². The van der Waals surface area contributed by atoms with Gasteiger partial charge in [0.05, 0.1) is 10.2 Å². The molecule has 2 nitrogen and oxygen atoms in total. The van der Waals surface area contributed by atoms with Crippen LogP contribution in [0.15, 0.2) is 62.5 Å². The van der Waals surface area contributed by atoms with Gasteiger partial charge in [-0.25, -0.2) is 4.99 Å². The summed E-state index contributed by atoms with van der Waals surface area (Å²) < 4.78 is 7.25. The van der Waals surface area contributed by atoms with Crippen LogP contribution in [0.4, 0.5) is 5.69 Å². The topological polar surface area (TPSA) is 21.6 Å². The minimum absolute atomic E-state index is 0.766. The van der Waals surface area contributed by atoms with Gasteiger partial charge in [0.15, 0.2) is 6.40 Å². The van der Waals surface area contributed by atoms with Gasteiger partial charge in [0.25, 0.3) is 0 Å². The number of ether oxygens (including phenoxy) is 1. The summed E-state index contributed by atoms with van der Waals surface area (Å²) in [6.07, 6.45) is 1.43. The van der Waals surface area contributed by atoms with Crippen molar-refractivity contribution in [3.8, 4) is 5.75 Å². The Kier molecular flexibility index (Phi) is 4.34. The van der Waals surface area contributed by atoms with Crippen molar-refractivity contribution < 1.29 is 4.74 Å². The second-order valence-corrected chi connectivity index (χ2v) is 4.89. The molecule has 0 amide bonds. The molecule has 2 aromatic carbocycles. The Hall–Kier alpha value is -1.13. The van der Waals surface area contributed by atoms with Gasteiger partial charge in [-0.05, 0) is 56.1 Å². The number of aliphatic imine (C=N–C) groups is 1. The Labute approximate surface area is 117 Å². The van der Waals surface area contributed by atoms with E-state index >= 15 is 0 Å². The molecule has 0 saturated heterocycles. The molecular weight excluding hydrogens is 346 g/mol. The van der Waals surface area contributed by atoms with E-state index in [2.05, 4.69) is 36.9 Å². The second kappa shape index (κ2) is 5.98. The molecule has 0 fully saturated rings. The summed E-state index contributed by atoms with van der Waals surface area (Å²) in [7, 11) is 0. The number of hydrogen-bond acceptors (Lipinski definition) is 2. The normalized spacial score (nSPS) is 10.7. The summed E-state index contributed by atoms with van der Waals surface area (Å²) in [4.78, 5) is 4.24. The molecule has 0 aliphatic rings. The largest absolute Gasteiger partial charge is 0.446 e. The van der Waals surface area contributed by atoms with E-state index in [9.17, 15) is 0 Å². The van der Waals surface area contributed by atoms with Crippen LogP contribution in [0, 0.1) is 0 Å². The highest BCUT2D eigenvalue weighted by atomic mass is 79.9. The third kappa shape index (κ3) is 3.41. The number of para-hydroxylation sites is 1. The lowest BCUT2D eigenvalue weighted by atomic mass is 10.3. The molecule has 0 radical (unpaired) electrons. The van der Waals surface area contributed by atoms with E-state index < -0.39 is 0 Å². The molecule has 0 aliphatic carbocycles. The first kappa shape index (κ1) is 12.3. The highest BCUT2D eigenvalue weighted by Gasteiger charge is 2.00. The average Bonchev–Trinajstić information content (AvgIpc) is 2.36. The molecule has 4 heteroatoms. The van der Waals surface area contributed by atoms with E-state index in [0.29, 0.717) is 0 Å². The van der Waals surface area contributed by atoms with E-state index in [1.807, 2.05) is 48.5 Å². The van der Waals surface area contributed by atoms with Gasteiger partial charge < -0.3 is 4.74 Å². The zero-order valence-electron chi connectivity index (χ0n) is 8.81. The summed E-state index contributed by atoms with van der Waals surface area (Å²) in [5.74, 6) is 0.766. The number of halogens is 2. The summed E-state index contributed by atoms with van der Waals surface area (Å²) >= 11 is 6.87. The van der Waals surface area contributed by atoms with Crippen molar-refractivity contribution in [1.29, 1.82) is 0 Å². The van der Waals surface area contributed by atoms with Crippen LogP contribution in [0.1, 0.15) is 0 Å². The van der Waals surface area contributed by atoms with Crippen LogP contribution < -0.4 is 4.74 Å². The van der Waals surface area contributed by atoms with Crippen molar-refractivity contribution in [2.24, 2.45) is 4.99 Å². The van der Waals surface area contributed by atoms with Crippen molar-refractivity contribution in [3.63, 3.8) is 0 Å². The molecule has 0 aromatic heterocycles. The number of hydrogen-bond donors (Lipinski definition) is 0. The lowest BCUT2D eigenvalue weighted by Gasteiger charge is -2.01. The zero-order chi connectivity index (χ0) is 12.1. The van der Waals surface area contributed by atoms with Crippen molar-refractivity contribution in [2.45, 2.75) is 0 Å². The van der Waals surface area contributed by atoms with Gasteiger partial charge in [0.2, 0.25) is 0 Å². The molecule has 0 atom stereocenters. The SMILES string of the molecule is Brc1cccc(N=COc2ccccc2)c1Br. The van der Waals surface area contributed by atoms with Gasteiger partial charge in [-0.1, -0.05) is 24.3 Å². The summed E-state index contributed by atoms with van der Waals surface area (Å²) in [6.45, 7) is 0. The lowest BCUT2D eigenvalue weighted by Crippen LogP contribution is -1.88. The van der Waals surface area contributed by atoms with Gasteiger partial charge >= 0.3 is 0 Å². The van der Waals surface area contributed by atoms with Crippen LogP contribution in [0.2, 0.25) is 0 Å². The van der Waals surface area contributed by atoms with E-state index in [1.165, 1.54) is 6.40 Å². The Morgan fingerprint density at radius 3 is 2.47 bits per heavy atom. The molecular formula is C13H9Br2NO. The molecule has 0 spiro atoms. The highest BCUT2D eigenvalue weighted by molar-refractivity contribution is 9.13. The van der Waals surface area contributed by atoms with Crippen LogP contribution in [0.25, 0.3) is 0 Å². The van der Waals surface area contributed by atoms with Gasteiger partial charge in [0.1, 0.15) is 5.75 Å². The van der Waals surface area contributed by atoms with Crippen molar-refractivity contribution in [2.75, 3.05) is 0 Å². The Morgan fingerprint density at radius 2 is 1.71 bits per heavy atom. The minimum Gasteiger partial charge on any atom is -0.446 e. The molecule has 0 heterocycles. The standard InChI is InChI=1S/C13H9Br2NO/c14-11-7-4-8-12(13(11)15)16-9-17-10-5-2-1-3-6-10/h1-9H. The molecule has 0 bridgehead atoms. The third-order valence-electron chi connectivity index (χ3n) is 2.05. The maximum absolute atomic E-state index is 5.38. The van der Waals surface area contributed by atoms with Crippen LogP contribution >= 0.6 is 31.9 Å². The fraction of sp³-hybridized carbons (Fsp3) is 0. The first-order chi connectivity index (χ1) is 8.27. The average molecular weight is 355 g/mol. The van der Waals surface area contributed by atoms with Gasteiger partial charge in [-0.15, -0.1) is 0 Å². The van der Waals surface area contributed by atoms with Crippen LogP contribution in [-0.2, 0) is 0 Å². The monoisotopic (exact) mass is 353 g/mol. The van der Waals surface area contributed by atoms with Crippen molar-refractivity contribution >= 4 is 43.9 Å². The van der Waals surface area contributed by atoms with Gasteiger partial charge in [-0.2, -0.15) is 0 Å². The molecule has 0 aliphatic heterocycles. The predicted molar refractivity (Wildman–Crippen MR) is 77.1 cm³/mol. The molecule has 0 saturated carbocycles. The van der Waals surface area contributed by atoms with Crippen LogP contribution in [0.3, 0.4) is 0 Å². The maximum Gasteiger partial charge on any atom is 0.181 e.